The van der Waals surface area contributed by atoms with Crippen molar-refractivity contribution in [2.24, 2.45) is 5.92 Å². The Morgan fingerprint density at radius 2 is 2.07 bits per heavy atom. The van der Waals surface area contributed by atoms with Gasteiger partial charge in [-0.1, -0.05) is 12.1 Å². The Hall–Kier alpha value is -2.41. The highest BCUT2D eigenvalue weighted by Crippen LogP contribution is 2.51. The summed E-state index contributed by atoms with van der Waals surface area (Å²) in [5.41, 5.74) is 3.72. The molecule has 7 nitrogen and oxygen atoms in total. The highest BCUT2D eigenvalue weighted by molar-refractivity contribution is 5.67. The van der Waals surface area contributed by atoms with Gasteiger partial charge in [0.15, 0.2) is 0 Å². The van der Waals surface area contributed by atoms with Crippen molar-refractivity contribution in [3.05, 3.63) is 35.2 Å². The monoisotopic (exact) mass is 396 g/mol. The van der Waals surface area contributed by atoms with E-state index < -0.39 is 5.97 Å². The molecule has 154 valence electrons. The summed E-state index contributed by atoms with van der Waals surface area (Å²) in [6.45, 7) is 2.02. The van der Waals surface area contributed by atoms with E-state index in [2.05, 4.69) is 33.6 Å². The van der Waals surface area contributed by atoms with Gasteiger partial charge in [-0.15, -0.1) is 0 Å². The molecule has 3 saturated carbocycles. The lowest BCUT2D eigenvalue weighted by Crippen LogP contribution is -2.37. The Bertz CT molecular complexity index is 887. The molecule has 2 aromatic rings. The van der Waals surface area contributed by atoms with Crippen LogP contribution in [0.4, 0.5) is 11.6 Å². The molecule has 3 fully saturated rings. The van der Waals surface area contributed by atoms with Gasteiger partial charge in [0.05, 0.1) is 6.42 Å². The average Bonchev–Trinajstić information content (AvgIpc) is 3.39. The molecule has 6 rings (SSSR count). The molecule has 0 atom stereocenters. The number of nitrogens with one attached hydrogen (secondary N) is 1. The number of fused-ring (bicyclic) bond motifs is 4. The lowest BCUT2D eigenvalue weighted by atomic mass is 9.61. The van der Waals surface area contributed by atoms with Gasteiger partial charge in [0.2, 0.25) is 5.89 Å². The predicted octanol–water partition coefficient (Wildman–Crippen LogP) is 3.55. The summed E-state index contributed by atoms with van der Waals surface area (Å²) in [5.74, 6) is 1.67. The summed E-state index contributed by atoms with van der Waals surface area (Å²) in [5, 5.41) is 16.3. The third-order valence-corrected chi connectivity index (χ3v) is 7.09. The molecular weight excluding hydrogens is 368 g/mol. The molecule has 2 N–H and O–H groups in total. The summed E-state index contributed by atoms with van der Waals surface area (Å²) in [4.78, 5) is 17.6. The van der Waals surface area contributed by atoms with Crippen LogP contribution in [0.5, 0.6) is 0 Å². The van der Waals surface area contributed by atoms with Crippen molar-refractivity contribution in [2.45, 2.75) is 63.3 Å². The van der Waals surface area contributed by atoms with E-state index in [4.69, 9.17) is 14.6 Å². The molecule has 1 aromatic carbocycles. The van der Waals surface area contributed by atoms with Crippen LogP contribution in [-0.2, 0) is 23.2 Å². The molecule has 7 heteroatoms. The third kappa shape index (κ3) is 3.52. The summed E-state index contributed by atoms with van der Waals surface area (Å²) in [7, 11) is 0. The average molecular weight is 396 g/mol. The maximum Gasteiger partial charge on any atom is 0.304 e. The van der Waals surface area contributed by atoms with E-state index in [9.17, 15) is 4.79 Å². The second-order valence-electron chi connectivity index (χ2n) is 8.85. The quantitative estimate of drug-likeness (QED) is 0.692. The van der Waals surface area contributed by atoms with Crippen LogP contribution in [0, 0.1) is 5.92 Å². The van der Waals surface area contributed by atoms with Gasteiger partial charge in [-0.2, -0.15) is 4.98 Å². The molecule has 4 aliphatic rings. The van der Waals surface area contributed by atoms with Gasteiger partial charge in [0, 0.05) is 30.7 Å². The largest absolute Gasteiger partial charge is 0.481 e. The van der Waals surface area contributed by atoms with Crippen LogP contribution in [0.15, 0.2) is 22.7 Å². The Morgan fingerprint density at radius 3 is 2.83 bits per heavy atom. The molecule has 29 heavy (non-hydrogen) atoms. The van der Waals surface area contributed by atoms with Crippen molar-refractivity contribution in [1.29, 1.82) is 0 Å². The lowest BCUT2D eigenvalue weighted by Gasteiger charge is -2.43. The van der Waals surface area contributed by atoms with Crippen molar-refractivity contribution in [1.82, 2.24) is 15.5 Å². The Balaban J connectivity index is 1.28. The number of benzene rings is 1. The SMILES string of the molecule is O=C(O)CCNCc1ccc2c(c1)CCN2c1noc(C23CCC(CC2)CC3)n1. The number of anilines is 2. The fourth-order valence-corrected chi connectivity index (χ4v) is 5.31. The standard InChI is InChI=1S/C22H28N4O3/c27-19(28)6-11-23-14-16-1-2-18-17(13-16)7-12-26(18)21-24-20(29-25-21)22-8-3-15(4-9-22)5-10-22/h1-2,13,15,23H,3-12,14H2,(H,27,28). The number of carboxylic acids is 1. The summed E-state index contributed by atoms with van der Waals surface area (Å²) in [6.07, 6.45) is 8.56. The predicted molar refractivity (Wildman–Crippen MR) is 108 cm³/mol. The molecule has 1 aromatic heterocycles. The van der Waals surface area contributed by atoms with Crippen LogP contribution in [-0.4, -0.2) is 34.3 Å². The van der Waals surface area contributed by atoms with Crippen LogP contribution in [0.25, 0.3) is 0 Å². The minimum atomic E-state index is -0.776. The zero-order chi connectivity index (χ0) is 19.8. The van der Waals surface area contributed by atoms with Gasteiger partial charge < -0.3 is 19.8 Å². The van der Waals surface area contributed by atoms with Crippen LogP contribution >= 0.6 is 0 Å². The van der Waals surface area contributed by atoms with E-state index in [1.807, 2.05) is 0 Å². The molecule has 0 amide bonds. The zero-order valence-electron chi connectivity index (χ0n) is 16.7. The number of nitrogens with zero attached hydrogens (tertiary/aromatic N) is 3. The first kappa shape index (κ1) is 18.6. The van der Waals surface area contributed by atoms with Crippen LogP contribution in [0.2, 0.25) is 0 Å². The minimum Gasteiger partial charge on any atom is -0.481 e. The highest BCUT2D eigenvalue weighted by atomic mass is 16.5. The highest BCUT2D eigenvalue weighted by Gasteiger charge is 2.45. The summed E-state index contributed by atoms with van der Waals surface area (Å²) < 4.78 is 5.80. The van der Waals surface area contributed by atoms with Crippen molar-refractivity contribution in [3.8, 4) is 0 Å². The third-order valence-electron chi connectivity index (χ3n) is 7.09. The number of rotatable bonds is 7. The smallest absolute Gasteiger partial charge is 0.304 e. The summed E-state index contributed by atoms with van der Waals surface area (Å²) >= 11 is 0. The lowest BCUT2D eigenvalue weighted by molar-refractivity contribution is -0.136. The van der Waals surface area contributed by atoms with E-state index in [0.29, 0.717) is 19.0 Å². The van der Waals surface area contributed by atoms with Gasteiger partial charge in [0.25, 0.3) is 5.95 Å². The van der Waals surface area contributed by atoms with E-state index in [0.717, 1.165) is 30.5 Å². The first-order chi connectivity index (χ1) is 14.1. The Kier molecular flexibility index (Phi) is 4.78. The van der Waals surface area contributed by atoms with Gasteiger partial charge in [0.1, 0.15) is 0 Å². The first-order valence-corrected chi connectivity index (χ1v) is 10.8. The van der Waals surface area contributed by atoms with E-state index in [-0.39, 0.29) is 11.8 Å². The fourth-order valence-electron chi connectivity index (χ4n) is 5.31. The second-order valence-corrected chi connectivity index (χ2v) is 8.85. The van der Waals surface area contributed by atoms with E-state index in [1.165, 1.54) is 49.7 Å². The van der Waals surface area contributed by atoms with Crippen molar-refractivity contribution >= 4 is 17.6 Å². The van der Waals surface area contributed by atoms with E-state index in [1.54, 1.807) is 0 Å². The molecule has 0 radical (unpaired) electrons. The van der Waals surface area contributed by atoms with Crippen LogP contribution < -0.4 is 10.2 Å². The molecule has 3 aliphatic carbocycles. The minimum absolute atomic E-state index is 0.119. The zero-order valence-corrected chi connectivity index (χ0v) is 16.7. The van der Waals surface area contributed by atoms with Gasteiger partial charge in [-0.3, -0.25) is 4.79 Å². The van der Waals surface area contributed by atoms with Crippen LogP contribution in [0.3, 0.4) is 0 Å². The molecule has 0 unspecified atom stereocenters. The normalized spacial score (nSPS) is 25.4. The number of aromatic nitrogens is 2. The van der Waals surface area contributed by atoms with Crippen molar-refractivity contribution in [3.63, 3.8) is 0 Å². The van der Waals surface area contributed by atoms with Crippen LogP contribution in [0.1, 0.15) is 62.0 Å². The number of hydrogen-bond donors (Lipinski definition) is 2. The number of aliphatic carboxylic acids is 1. The molecule has 0 saturated heterocycles. The maximum absolute atomic E-state index is 10.6. The Morgan fingerprint density at radius 1 is 1.28 bits per heavy atom. The number of carboxylic acid groups (broad SMARTS) is 1. The molecule has 0 spiro atoms. The number of carbonyl (C=O) groups is 1. The molecule has 2 heterocycles. The van der Waals surface area contributed by atoms with Crippen molar-refractivity contribution < 1.29 is 14.4 Å². The van der Waals surface area contributed by atoms with Gasteiger partial charge in [-0.05, 0) is 73.2 Å². The topological polar surface area (TPSA) is 91.5 Å². The van der Waals surface area contributed by atoms with Gasteiger partial charge >= 0.3 is 5.97 Å². The fraction of sp³-hybridized carbons (Fsp3) is 0.591. The van der Waals surface area contributed by atoms with Gasteiger partial charge in [-0.25, -0.2) is 0 Å². The Labute approximate surface area is 170 Å². The molecule has 2 bridgehead atoms. The summed E-state index contributed by atoms with van der Waals surface area (Å²) in [6, 6.07) is 6.41. The first-order valence-electron chi connectivity index (χ1n) is 10.8. The maximum atomic E-state index is 10.6. The second kappa shape index (κ2) is 7.44. The van der Waals surface area contributed by atoms with E-state index >= 15 is 0 Å². The number of hydrogen-bond acceptors (Lipinski definition) is 6. The molecular formula is C22H28N4O3. The molecule has 1 aliphatic heterocycles. The van der Waals surface area contributed by atoms with Crippen molar-refractivity contribution in [2.75, 3.05) is 18.0 Å².